The van der Waals surface area contributed by atoms with Crippen molar-refractivity contribution in [2.45, 2.75) is 26.6 Å². The Morgan fingerprint density at radius 3 is 2.63 bits per heavy atom. The number of aliphatic hydroxyl groups is 1. The van der Waals surface area contributed by atoms with Gasteiger partial charge in [-0.05, 0) is 31.5 Å². The van der Waals surface area contributed by atoms with Crippen molar-refractivity contribution in [1.82, 2.24) is 0 Å². The monoisotopic (exact) mass is 276 g/mol. The van der Waals surface area contributed by atoms with Gasteiger partial charge in [0.05, 0.1) is 6.10 Å². The van der Waals surface area contributed by atoms with Crippen molar-refractivity contribution in [2.75, 3.05) is 0 Å². The van der Waals surface area contributed by atoms with Gasteiger partial charge in [0.2, 0.25) is 0 Å². The van der Waals surface area contributed by atoms with E-state index in [9.17, 15) is 5.11 Å². The number of rotatable bonds is 4. The summed E-state index contributed by atoms with van der Waals surface area (Å²) in [6.45, 7) is 4.12. The molecule has 0 heterocycles. The number of aliphatic hydroxyl groups excluding tert-OH is 1. The second kappa shape index (κ2) is 6.09. The maximum Gasteiger partial charge on any atom is 0.125 e. The quantitative estimate of drug-likeness (QED) is 0.903. The minimum absolute atomic E-state index is 0.392. The summed E-state index contributed by atoms with van der Waals surface area (Å²) in [4.78, 5) is 0. The molecule has 2 aromatic carbocycles. The first-order valence-corrected chi connectivity index (χ1v) is 6.60. The van der Waals surface area contributed by atoms with E-state index in [1.807, 2.05) is 49.4 Å². The highest BCUT2D eigenvalue weighted by atomic mass is 35.5. The molecule has 2 aromatic rings. The molecule has 0 unspecified atom stereocenters. The lowest BCUT2D eigenvalue weighted by atomic mass is 10.1. The molecule has 0 aromatic heterocycles. The second-order valence-electron chi connectivity index (χ2n) is 4.60. The van der Waals surface area contributed by atoms with Crippen molar-refractivity contribution in [2.24, 2.45) is 0 Å². The number of ether oxygens (including phenoxy) is 1. The average molecular weight is 277 g/mol. The third kappa shape index (κ3) is 3.49. The molecule has 2 nitrogen and oxygen atoms in total. The summed E-state index contributed by atoms with van der Waals surface area (Å²) in [5.41, 5.74) is 2.82. The summed E-state index contributed by atoms with van der Waals surface area (Å²) >= 11 is 6.09. The van der Waals surface area contributed by atoms with Gasteiger partial charge in [0.1, 0.15) is 12.4 Å². The lowest BCUT2D eigenvalue weighted by Gasteiger charge is -2.14. The summed E-state index contributed by atoms with van der Waals surface area (Å²) in [5.74, 6) is 0.704. The molecule has 3 heteroatoms. The molecule has 0 saturated carbocycles. The van der Waals surface area contributed by atoms with E-state index in [1.54, 1.807) is 6.92 Å². The molecule has 0 aliphatic heterocycles. The van der Waals surface area contributed by atoms with E-state index in [0.29, 0.717) is 17.4 Å². The van der Waals surface area contributed by atoms with Gasteiger partial charge in [0, 0.05) is 16.1 Å². The van der Waals surface area contributed by atoms with Crippen molar-refractivity contribution in [3.63, 3.8) is 0 Å². The van der Waals surface area contributed by atoms with Gasteiger partial charge in [0.15, 0.2) is 0 Å². The third-order valence-corrected chi connectivity index (χ3v) is 3.33. The van der Waals surface area contributed by atoms with Gasteiger partial charge >= 0.3 is 0 Å². The Balaban J connectivity index is 2.19. The molecule has 0 amide bonds. The molecular formula is C16H17ClO2. The van der Waals surface area contributed by atoms with Crippen molar-refractivity contribution in [3.05, 3.63) is 64.2 Å². The highest BCUT2D eigenvalue weighted by molar-refractivity contribution is 6.31. The summed E-state index contributed by atoms with van der Waals surface area (Å²) in [6.07, 6.45) is -0.554. The van der Waals surface area contributed by atoms with Gasteiger partial charge in [-0.15, -0.1) is 0 Å². The van der Waals surface area contributed by atoms with Gasteiger partial charge < -0.3 is 9.84 Å². The van der Waals surface area contributed by atoms with Crippen LogP contribution in [0, 0.1) is 6.92 Å². The van der Waals surface area contributed by atoms with Gasteiger partial charge in [-0.3, -0.25) is 0 Å². The Hall–Kier alpha value is -1.51. The van der Waals surface area contributed by atoms with Crippen LogP contribution in [0.4, 0.5) is 0 Å². The molecule has 0 bridgehead atoms. The van der Waals surface area contributed by atoms with E-state index in [0.717, 1.165) is 16.7 Å². The van der Waals surface area contributed by atoms with Crippen molar-refractivity contribution >= 4 is 11.6 Å². The van der Waals surface area contributed by atoms with Crippen LogP contribution in [0.3, 0.4) is 0 Å². The SMILES string of the molecule is Cc1ccc([C@@H](C)O)c(OCc2ccccc2Cl)c1. The summed E-state index contributed by atoms with van der Waals surface area (Å²) in [5, 5.41) is 10.4. The predicted molar refractivity (Wildman–Crippen MR) is 77.6 cm³/mol. The van der Waals surface area contributed by atoms with E-state index >= 15 is 0 Å². The summed E-state index contributed by atoms with van der Waals surface area (Å²) in [6, 6.07) is 13.4. The molecular weight excluding hydrogens is 260 g/mol. The highest BCUT2D eigenvalue weighted by Crippen LogP contribution is 2.27. The zero-order valence-corrected chi connectivity index (χ0v) is 11.8. The Labute approximate surface area is 118 Å². The van der Waals surface area contributed by atoms with Gasteiger partial charge in [-0.2, -0.15) is 0 Å². The van der Waals surface area contributed by atoms with Crippen LogP contribution in [-0.4, -0.2) is 5.11 Å². The largest absolute Gasteiger partial charge is 0.488 e. The molecule has 0 spiro atoms. The number of halogens is 1. The zero-order valence-electron chi connectivity index (χ0n) is 11.1. The molecule has 19 heavy (non-hydrogen) atoms. The average Bonchev–Trinajstić information content (AvgIpc) is 2.37. The second-order valence-corrected chi connectivity index (χ2v) is 5.00. The first kappa shape index (κ1) is 13.9. The van der Waals surface area contributed by atoms with Crippen molar-refractivity contribution in [3.8, 4) is 5.75 Å². The van der Waals surface area contributed by atoms with Crippen LogP contribution in [-0.2, 0) is 6.61 Å². The van der Waals surface area contributed by atoms with Crippen LogP contribution >= 0.6 is 11.6 Å². The minimum Gasteiger partial charge on any atom is -0.488 e. The van der Waals surface area contributed by atoms with Crippen LogP contribution in [0.1, 0.15) is 29.7 Å². The third-order valence-electron chi connectivity index (χ3n) is 2.96. The van der Waals surface area contributed by atoms with Crippen molar-refractivity contribution in [1.29, 1.82) is 0 Å². The molecule has 0 aliphatic carbocycles. The fourth-order valence-corrected chi connectivity index (χ4v) is 2.07. The maximum atomic E-state index is 9.74. The molecule has 1 N–H and O–H groups in total. The Kier molecular flexibility index (Phi) is 4.46. The van der Waals surface area contributed by atoms with Gasteiger partial charge in [0.25, 0.3) is 0 Å². The smallest absolute Gasteiger partial charge is 0.125 e. The first-order chi connectivity index (χ1) is 9.08. The van der Waals surface area contributed by atoms with E-state index < -0.39 is 6.10 Å². The fourth-order valence-electron chi connectivity index (χ4n) is 1.88. The molecule has 0 radical (unpaired) electrons. The van der Waals surface area contributed by atoms with E-state index in [-0.39, 0.29) is 0 Å². The molecule has 0 fully saturated rings. The lowest BCUT2D eigenvalue weighted by Crippen LogP contribution is -2.01. The first-order valence-electron chi connectivity index (χ1n) is 6.22. The van der Waals surface area contributed by atoms with Crippen LogP contribution in [0.15, 0.2) is 42.5 Å². The van der Waals surface area contributed by atoms with Gasteiger partial charge in [-0.1, -0.05) is 41.9 Å². The number of benzene rings is 2. The normalized spacial score (nSPS) is 12.2. The Morgan fingerprint density at radius 1 is 1.21 bits per heavy atom. The topological polar surface area (TPSA) is 29.5 Å². The molecule has 1 atom stereocenters. The van der Waals surface area contributed by atoms with Crippen LogP contribution in [0.5, 0.6) is 5.75 Å². The van der Waals surface area contributed by atoms with E-state index in [1.165, 1.54) is 0 Å². The Bertz CT molecular complexity index is 564. The Morgan fingerprint density at radius 2 is 1.95 bits per heavy atom. The number of hydrogen-bond donors (Lipinski definition) is 1. The van der Waals surface area contributed by atoms with Crippen LogP contribution in [0.2, 0.25) is 5.02 Å². The standard InChI is InChI=1S/C16H17ClO2/c1-11-7-8-14(12(2)18)16(9-11)19-10-13-5-3-4-6-15(13)17/h3-9,12,18H,10H2,1-2H3/t12-/m1/s1. The predicted octanol–water partition coefficient (Wildman–Crippen LogP) is 4.28. The highest BCUT2D eigenvalue weighted by Gasteiger charge is 2.10. The summed E-state index contributed by atoms with van der Waals surface area (Å²) < 4.78 is 5.80. The number of aryl methyl sites for hydroxylation is 1. The maximum absolute atomic E-state index is 9.74. The number of hydrogen-bond acceptors (Lipinski definition) is 2. The minimum atomic E-state index is -0.554. The summed E-state index contributed by atoms with van der Waals surface area (Å²) in [7, 11) is 0. The van der Waals surface area contributed by atoms with E-state index in [4.69, 9.17) is 16.3 Å². The molecule has 2 rings (SSSR count). The molecule has 0 aliphatic rings. The van der Waals surface area contributed by atoms with E-state index in [2.05, 4.69) is 0 Å². The lowest BCUT2D eigenvalue weighted by molar-refractivity contribution is 0.190. The van der Waals surface area contributed by atoms with Crippen LogP contribution < -0.4 is 4.74 Å². The molecule has 0 saturated heterocycles. The van der Waals surface area contributed by atoms with Gasteiger partial charge in [-0.25, -0.2) is 0 Å². The molecule has 100 valence electrons. The zero-order chi connectivity index (χ0) is 13.8. The van der Waals surface area contributed by atoms with Crippen LogP contribution in [0.25, 0.3) is 0 Å². The fraction of sp³-hybridized carbons (Fsp3) is 0.250. The van der Waals surface area contributed by atoms with Crippen molar-refractivity contribution < 1.29 is 9.84 Å².